The predicted octanol–water partition coefficient (Wildman–Crippen LogP) is 2.97. The third-order valence-electron chi connectivity index (χ3n) is 1.57. The second-order valence-electron chi connectivity index (χ2n) is 2.62. The molecule has 0 radical (unpaired) electrons. The third-order valence-corrected chi connectivity index (χ3v) is 1.78. The average Bonchev–Trinajstić information content (AvgIpc) is 2.09. The Morgan fingerprint density at radius 1 is 1.69 bits per heavy atom. The number of nitriles is 1. The van der Waals surface area contributed by atoms with Gasteiger partial charge in [-0.2, -0.15) is 5.26 Å². The number of halogens is 1. The minimum Gasteiger partial charge on any atom is -0.255 e. The van der Waals surface area contributed by atoms with E-state index >= 15 is 0 Å². The molecular weight excluding hydrogens is 184 g/mol. The molecule has 0 aromatic carbocycles. The fourth-order valence-corrected chi connectivity index (χ4v) is 1.16. The number of hydrogen-bond acceptors (Lipinski definition) is 2. The molecule has 0 atom stereocenters. The van der Waals surface area contributed by atoms with E-state index in [2.05, 4.69) is 4.98 Å². The number of aryl methyl sites for hydroxylation is 1. The van der Waals surface area contributed by atoms with Gasteiger partial charge in [0.15, 0.2) is 0 Å². The highest BCUT2D eigenvalue weighted by Gasteiger charge is 1.95. The molecule has 0 aliphatic carbocycles. The van der Waals surface area contributed by atoms with Gasteiger partial charge < -0.3 is 0 Å². The molecule has 13 heavy (non-hydrogen) atoms. The van der Waals surface area contributed by atoms with Gasteiger partial charge in [-0.1, -0.05) is 17.7 Å². The van der Waals surface area contributed by atoms with E-state index in [1.165, 1.54) is 0 Å². The third kappa shape index (κ3) is 2.89. The maximum Gasteiger partial charge on any atom is 0.0663 e. The van der Waals surface area contributed by atoms with E-state index in [4.69, 9.17) is 16.9 Å². The highest BCUT2D eigenvalue weighted by atomic mass is 35.5. The first kappa shape index (κ1) is 9.76. The summed E-state index contributed by atoms with van der Waals surface area (Å²) in [5.41, 5.74) is 1.88. The molecular formula is C10H9ClN2. The molecule has 1 aromatic heterocycles. The molecule has 66 valence electrons. The number of allylic oxidation sites excluding steroid dienone is 1. The SMILES string of the molecule is Cc1cc(Cl)cnc1C=CCC#N. The Labute approximate surface area is 82.5 Å². The van der Waals surface area contributed by atoms with Gasteiger partial charge >= 0.3 is 0 Å². The van der Waals surface area contributed by atoms with Crippen molar-refractivity contribution in [3.8, 4) is 6.07 Å². The standard InChI is InChI=1S/C10H9ClN2/c1-8-6-9(11)7-13-10(8)4-2-3-5-12/h2,4,6-7H,3H2,1H3. The van der Waals surface area contributed by atoms with Gasteiger partial charge in [0.25, 0.3) is 0 Å². The summed E-state index contributed by atoms with van der Waals surface area (Å²) in [5.74, 6) is 0. The summed E-state index contributed by atoms with van der Waals surface area (Å²) in [6.07, 6.45) is 5.61. The highest BCUT2D eigenvalue weighted by Crippen LogP contribution is 2.13. The van der Waals surface area contributed by atoms with Crippen molar-refractivity contribution in [2.75, 3.05) is 0 Å². The van der Waals surface area contributed by atoms with Crippen LogP contribution in [0.5, 0.6) is 0 Å². The number of aromatic nitrogens is 1. The molecule has 0 saturated heterocycles. The van der Waals surface area contributed by atoms with Crippen LogP contribution in [0, 0.1) is 18.3 Å². The zero-order valence-electron chi connectivity index (χ0n) is 7.29. The smallest absolute Gasteiger partial charge is 0.0663 e. The summed E-state index contributed by atoms with van der Waals surface area (Å²) in [4.78, 5) is 4.12. The van der Waals surface area contributed by atoms with Crippen LogP contribution in [0.15, 0.2) is 18.3 Å². The molecule has 0 unspecified atom stereocenters. The van der Waals surface area contributed by atoms with Crippen LogP contribution in [0.3, 0.4) is 0 Å². The molecule has 1 aromatic rings. The van der Waals surface area contributed by atoms with Crippen molar-refractivity contribution in [1.82, 2.24) is 4.98 Å². The minimum absolute atomic E-state index is 0.406. The lowest BCUT2D eigenvalue weighted by molar-refractivity contribution is 1.23. The van der Waals surface area contributed by atoms with Gasteiger partial charge in [0.1, 0.15) is 0 Å². The van der Waals surface area contributed by atoms with Crippen LogP contribution in [0.2, 0.25) is 5.02 Å². The zero-order valence-corrected chi connectivity index (χ0v) is 8.04. The number of hydrogen-bond donors (Lipinski definition) is 0. The molecule has 0 aliphatic heterocycles. The highest BCUT2D eigenvalue weighted by molar-refractivity contribution is 6.30. The van der Waals surface area contributed by atoms with Crippen LogP contribution < -0.4 is 0 Å². The molecule has 0 aliphatic rings. The maximum absolute atomic E-state index is 8.31. The van der Waals surface area contributed by atoms with Gasteiger partial charge in [0, 0.05) is 6.20 Å². The van der Waals surface area contributed by atoms with Crippen LogP contribution in [0.1, 0.15) is 17.7 Å². The van der Waals surface area contributed by atoms with Crippen molar-refractivity contribution in [3.63, 3.8) is 0 Å². The number of pyridine rings is 1. The first-order valence-electron chi connectivity index (χ1n) is 3.89. The largest absolute Gasteiger partial charge is 0.255 e. The molecule has 0 N–H and O–H groups in total. The normalized spacial score (nSPS) is 10.2. The molecule has 2 nitrogen and oxygen atoms in total. The second kappa shape index (κ2) is 4.64. The Morgan fingerprint density at radius 3 is 3.08 bits per heavy atom. The lowest BCUT2D eigenvalue weighted by Gasteiger charge is -1.98. The summed E-state index contributed by atoms with van der Waals surface area (Å²) in [5, 5.41) is 8.95. The topological polar surface area (TPSA) is 36.7 Å². The van der Waals surface area contributed by atoms with E-state index in [1.54, 1.807) is 12.3 Å². The van der Waals surface area contributed by atoms with E-state index in [9.17, 15) is 0 Å². The fraction of sp³-hybridized carbons (Fsp3) is 0.200. The summed E-state index contributed by atoms with van der Waals surface area (Å²) in [6, 6.07) is 3.88. The van der Waals surface area contributed by atoms with E-state index in [1.807, 2.05) is 25.1 Å². The van der Waals surface area contributed by atoms with Crippen molar-refractivity contribution in [2.45, 2.75) is 13.3 Å². The first-order chi connectivity index (χ1) is 6.24. The van der Waals surface area contributed by atoms with Crippen LogP contribution in [0.4, 0.5) is 0 Å². The number of nitrogens with zero attached hydrogens (tertiary/aromatic N) is 2. The van der Waals surface area contributed by atoms with Crippen molar-refractivity contribution in [1.29, 1.82) is 5.26 Å². The fourth-order valence-electron chi connectivity index (χ4n) is 0.949. The van der Waals surface area contributed by atoms with E-state index in [-0.39, 0.29) is 0 Å². The van der Waals surface area contributed by atoms with Crippen LogP contribution in [0.25, 0.3) is 6.08 Å². The summed E-state index contributed by atoms with van der Waals surface area (Å²) in [6.45, 7) is 1.94. The average molecular weight is 193 g/mol. The molecule has 1 heterocycles. The Kier molecular flexibility index (Phi) is 3.48. The van der Waals surface area contributed by atoms with Gasteiger partial charge in [-0.25, -0.2) is 0 Å². The quantitative estimate of drug-likeness (QED) is 0.723. The Hall–Kier alpha value is -1.33. The van der Waals surface area contributed by atoms with Gasteiger partial charge in [-0.05, 0) is 24.6 Å². The van der Waals surface area contributed by atoms with Crippen LogP contribution in [-0.4, -0.2) is 4.98 Å². The van der Waals surface area contributed by atoms with Gasteiger partial charge in [-0.3, -0.25) is 4.98 Å². The van der Waals surface area contributed by atoms with E-state index < -0.39 is 0 Å². The summed E-state index contributed by atoms with van der Waals surface area (Å²) in [7, 11) is 0. The first-order valence-corrected chi connectivity index (χ1v) is 4.27. The molecule has 1 rings (SSSR count). The van der Waals surface area contributed by atoms with Crippen molar-refractivity contribution < 1.29 is 0 Å². The zero-order chi connectivity index (χ0) is 9.68. The molecule has 0 amide bonds. The van der Waals surface area contributed by atoms with Gasteiger partial charge in [0.05, 0.1) is 23.2 Å². The van der Waals surface area contributed by atoms with Crippen molar-refractivity contribution in [2.24, 2.45) is 0 Å². The van der Waals surface area contributed by atoms with Crippen molar-refractivity contribution in [3.05, 3.63) is 34.6 Å². The molecule has 0 bridgehead atoms. The van der Waals surface area contributed by atoms with E-state index in [0.717, 1.165) is 11.3 Å². The summed E-state index contributed by atoms with van der Waals surface area (Å²) >= 11 is 5.74. The predicted molar refractivity (Wildman–Crippen MR) is 53.2 cm³/mol. The Bertz CT molecular complexity index is 364. The monoisotopic (exact) mass is 192 g/mol. The lowest BCUT2D eigenvalue weighted by atomic mass is 10.2. The second-order valence-corrected chi connectivity index (χ2v) is 3.06. The summed E-state index contributed by atoms with van der Waals surface area (Å²) < 4.78 is 0. The van der Waals surface area contributed by atoms with Crippen molar-refractivity contribution >= 4 is 17.7 Å². The molecule has 0 spiro atoms. The van der Waals surface area contributed by atoms with Gasteiger partial charge in [-0.15, -0.1) is 0 Å². The number of rotatable bonds is 2. The lowest BCUT2D eigenvalue weighted by Crippen LogP contribution is -1.85. The van der Waals surface area contributed by atoms with Gasteiger partial charge in [0.2, 0.25) is 0 Å². The molecule has 3 heteroatoms. The molecule has 0 saturated carbocycles. The maximum atomic E-state index is 8.31. The molecule has 0 fully saturated rings. The van der Waals surface area contributed by atoms with Crippen LogP contribution >= 0.6 is 11.6 Å². The Balaban J connectivity index is 2.85. The van der Waals surface area contributed by atoms with Crippen LogP contribution in [-0.2, 0) is 0 Å². The minimum atomic E-state index is 0.406. The van der Waals surface area contributed by atoms with E-state index in [0.29, 0.717) is 11.4 Å². The Morgan fingerprint density at radius 2 is 2.46 bits per heavy atom.